The highest BCUT2D eigenvalue weighted by atomic mass is 35.5. The lowest BCUT2D eigenvalue weighted by Crippen LogP contribution is -2.37. The van der Waals surface area contributed by atoms with Gasteiger partial charge in [-0.25, -0.2) is 15.0 Å². The van der Waals surface area contributed by atoms with Crippen molar-refractivity contribution in [3.05, 3.63) is 23.1 Å². The van der Waals surface area contributed by atoms with Crippen LogP contribution in [0.15, 0.2) is 12.4 Å². The molecule has 9 nitrogen and oxygen atoms in total. The highest BCUT2D eigenvalue weighted by Crippen LogP contribution is 2.37. The second-order valence-corrected chi connectivity index (χ2v) is 11.0. The first-order valence-electron chi connectivity index (χ1n) is 13.8. The summed E-state index contributed by atoms with van der Waals surface area (Å²) in [5.74, 6) is 1.45. The van der Waals surface area contributed by atoms with E-state index in [0.717, 1.165) is 81.5 Å². The molecule has 2 aliphatic rings. The lowest BCUT2D eigenvalue weighted by Gasteiger charge is -2.30. The molecule has 37 heavy (non-hydrogen) atoms. The molecule has 1 amide bonds. The molecule has 0 atom stereocenters. The zero-order valence-corrected chi connectivity index (χ0v) is 23.3. The van der Waals surface area contributed by atoms with E-state index in [4.69, 9.17) is 21.4 Å². The van der Waals surface area contributed by atoms with Crippen LogP contribution in [-0.4, -0.2) is 63.5 Å². The number of anilines is 1. The van der Waals surface area contributed by atoms with Crippen LogP contribution >= 0.6 is 11.6 Å². The number of aromatic nitrogens is 4. The average molecular weight is 532 g/mol. The van der Waals surface area contributed by atoms with Gasteiger partial charge >= 0.3 is 0 Å². The maximum atomic E-state index is 11.7. The smallest absolute Gasteiger partial charge is 0.245 e. The van der Waals surface area contributed by atoms with Crippen molar-refractivity contribution in [1.29, 1.82) is 0 Å². The van der Waals surface area contributed by atoms with Crippen molar-refractivity contribution in [3.8, 4) is 11.3 Å². The largest absolute Gasteiger partial charge is 0.351 e. The van der Waals surface area contributed by atoms with Crippen LogP contribution in [0.4, 0.5) is 5.95 Å². The van der Waals surface area contributed by atoms with Gasteiger partial charge in [0.05, 0.1) is 30.2 Å². The van der Waals surface area contributed by atoms with E-state index < -0.39 is 0 Å². The van der Waals surface area contributed by atoms with Gasteiger partial charge in [-0.05, 0) is 70.3 Å². The fraction of sp³-hybridized carbons (Fsp3) is 0.704. The fourth-order valence-corrected chi connectivity index (χ4v) is 5.26. The van der Waals surface area contributed by atoms with Gasteiger partial charge < -0.3 is 10.6 Å². The highest BCUT2D eigenvalue weighted by Gasteiger charge is 2.26. The van der Waals surface area contributed by atoms with Gasteiger partial charge in [-0.3, -0.25) is 14.3 Å². The quantitative estimate of drug-likeness (QED) is 0.268. The molecule has 4 rings (SSSR count). The molecule has 2 N–H and O–H groups in total. The number of nitrogens with zero attached hydrogens (tertiary/aromatic N) is 5. The van der Waals surface area contributed by atoms with Crippen molar-refractivity contribution in [2.24, 2.45) is 13.0 Å². The molecule has 0 saturated heterocycles. The van der Waals surface area contributed by atoms with E-state index in [1.807, 2.05) is 17.9 Å². The minimum Gasteiger partial charge on any atom is -0.351 e. The molecule has 2 saturated carbocycles. The number of hydrogen-bond donors (Lipinski definition) is 2. The minimum absolute atomic E-state index is 0.0432. The number of hydroxylamine groups is 2. The Bertz CT molecular complexity index is 1020. The Morgan fingerprint density at radius 3 is 2.57 bits per heavy atom. The lowest BCUT2D eigenvalue weighted by atomic mass is 9.91. The minimum atomic E-state index is 0.0432. The molecule has 2 aliphatic carbocycles. The summed E-state index contributed by atoms with van der Waals surface area (Å²) in [6, 6.07) is 0.937. The summed E-state index contributed by atoms with van der Waals surface area (Å²) in [6.07, 6.45) is 16.5. The maximum absolute atomic E-state index is 11.7. The summed E-state index contributed by atoms with van der Waals surface area (Å²) >= 11 is 6.53. The molecule has 204 valence electrons. The second-order valence-electron chi connectivity index (χ2n) is 10.6. The van der Waals surface area contributed by atoms with Crippen molar-refractivity contribution in [3.63, 3.8) is 0 Å². The SMILES string of the molecule is CON(C)C(=O)CCCCCCNC1CCC(Nc2ncc(Cl)c(-c3cnn(C)c3CC3CC3)n2)CC1. The van der Waals surface area contributed by atoms with Crippen LogP contribution in [0.25, 0.3) is 11.3 Å². The number of nitrogens with one attached hydrogen (secondary N) is 2. The highest BCUT2D eigenvalue weighted by molar-refractivity contribution is 6.32. The number of carbonyl (C=O) groups is 1. The molecule has 0 unspecified atom stereocenters. The summed E-state index contributed by atoms with van der Waals surface area (Å²) in [5, 5.41) is 13.6. The van der Waals surface area contributed by atoms with Gasteiger partial charge in [0, 0.05) is 43.9 Å². The summed E-state index contributed by atoms with van der Waals surface area (Å²) < 4.78 is 1.95. The van der Waals surface area contributed by atoms with Crippen molar-refractivity contribution in [2.75, 3.05) is 26.0 Å². The standard InChI is InChI=1S/C27H42ClN7O2/c1-34-24(16-19-9-10-19)22(17-31-34)26-23(28)18-30-27(33-26)32-21-13-11-20(12-14-21)29-15-7-5-4-6-8-25(36)35(2)37-3/h17-21,29H,4-16H2,1-3H3,(H,30,32,33). The molecule has 10 heteroatoms. The summed E-state index contributed by atoms with van der Waals surface area (Å²) in [4.78, 5) is 25.9. The van der Waals surface area contributed by atoms with E-state index >= 15 is 0 Å². The van der Waals surface area contributed by atoms with Crippen LogP contribution in [-0.2, 0) is 23.1 Å². The van der Waals surface area contributed by atoms with Gasteiger partial charge in [-0.15, -0.1) is 0 Å². The molecule has 0 aromatic carbocycles. The molecule has 2 heterocycles. The Morgan fingerprint density at radius 2 is 1.84 bits per heavy atom. The maximum Gasteiger partial charge on any atom is 0.245 e. The van der Waals surface area contributed by atoms with Crippen LogP contribution in [0, 0.1) is 5.92 Å². The fourth-order valence-electron chi connectivity index (χ4n) is 5.07. The molecular weight excluding hydrogens is 490 g/mol. The predicted octanol–water partition coefficient (Wildman–Crippen LogP) is 4.77. The van der Waals surface area contributed by atoms with Gasteiger partial charge in [-0.2, -0.15) is 5.10 Å². The summed E-state index contributed by atoms with van der Waals surface area (Å²) in [7, 11) is 5.17. The van der Waals surface area contributed by atoms with E-state index in [-0.39, 0.29) is 5.91 Å². The van der Waals surface area contributed by atoms with Crippen LogP contribution in [0.3, 0.4) is 0 Å². The van der Waals surface area contributed by atoms with Gasteiger partial charge in [-0.1, -0.05) is 24.4 Å². The first-order valence-corrected chi connectivity index (χ1v) is 14.2. The molecule has 0 radical (unpaired) electrons. The zero-order chi connectivity index (χ0) is 26.2. The van der Waals surface area contributed by atoms with Crippen LogP contribution in [0.5, 0.6) is 0 Å². The van der Waals surface area contributed by atoms with E-state index in [0.29, 0.717) is 29.5 Å². The third-order valence-corrected chi connectivity index (χ3v) is 7.95. The molecule has 0 aliphatic heterocycles. The normalized spacial score (nSPS) is 19.7. The number of carbonyl (C=O) groups excluding carboxylic acids is 1. The zero-order valence-electron chi connectivity index (χ0n) is 22.5. The van der Waals surface area contributed by atoms with E-state index in [1.54, 1.807) is 13.2 Å². The van der Waals surface area contributed by atoms with Crippen LogP contribution < -0.4 is 10.6 Å². The van der Waals surface area contributed by atoms with Crippen molar-refractivity contribution < 1.29 is 9.63 Å². The Hall–Kier alpha value is -2.23. The van der Waals surface area contributed by atoms with Gasteiger partial charge in [0.1, 0.15) is 0 Å². The third-order valence-electron chi connectivity index (χ3n) is 7.68. The summed E-state index contributed by atoms with van der Waals surface area (Å²) in [6.45, 7) is 1.03. The summed E-state index contributed by atoms with van der Waals surface area (Å²) in [5.41, 5.74) is 2.99. The molecule has 0 bridgehead atoms. The Balaban J connectivity index is 1.17. The monoisotopic (exact) mass is 531 g/mol. The van der Waals surface area contributed by atoms with E-state index in [2.05, 4.69) is 20.7 Å². The number of hydrogen-bond acceptors (Lipinski definition) is 7. The number of unbranched alkanes of at least 4 members (excludes halogenated alkanes) is 3. The average Bonchev–Trinajstić information content (AvgIpc) is 3.66. The van der Waals surface area contributed by atoms with Crippen molar-refractivity contribution >= 4 is 23.5 Å². The van der Waals surface area contributed by atoms with Gasteiger partial charge in [0.15, 0.2) is 0 Å². The van der Waals surface area contributed by atoms with Crippen LogP contribution in [0.1, 0.15) is 76.3 Å². The predicted molar refractivity (Wildman–Crippen MR) is 146 cm³/mol. The number of halogens is 1. The first-order chi connectivity index (χ1) is 17.9. The lowest BCUT2D eigenvalue weighted by molar-refractivity contribution is -0.168. The van der Waals surface area contributed by atoms with Crippen LogP contribution in [0.2, 0.25) is 5.02 Å². The Morgan fingerprint density at radius 1 is 1.11 bits per heavy atom. The molecule has 2 aromatic rings. The third kappa shape index (κ3) is 8.12. The van der Waals surface area contributed by atoms with Gasteiger partial charge in [0.25, 0.3) is 0 Å². The second kappa shape index (κ2) is 13.5. The van der Waals surface area contributed by atoms with Crippen molar-refractivity contribution in [1.82, 2.24) is 30.1 Å². The van der Waals surface area contributed by atoms with E-state index in [9.17, 15) is 4.79 Å². The van der Waals surface area contributed by atoms with Gasteiger partial charge in [0.2, 0.25) is 11.9 Å². The van der Waals surface area contributed by atoms with E-state index in [1.165, 1.54) is 30.7 Å². The molecule has 2 aromatic heterocycles. The van der Waals surface area contributed by atoms with Crippen molar-refractivity contribution in [2.45, 2.75) is 89.1 Å². The number of aryl methyl sites for hydroxylation is 1. The topological polar surface area (TPSA) is 97.2 Å². The number of rotatable bonds is 14. The molecule has 2 fully saturated rings. The number of amides is 1. The molecular formula is C27H42ClN7O2. The molecule has 0 spiro atoms. The Kier molecular flexibility index (Phi) is 10.2. The Labute approximate surface area is 225 Å². The first kappa shape index (κ1) is 27.8.